The van der Waals surface area contributed by atoms with E-state index in [0.29, 0.717) is 48.5 Å². The summed E-state index contributed by atoms with van der Waals surface area (Å²) in [6, 6.07) is 6.77. The molecule has 1 atom stereocenters. The monoisotopic (exact) mass is 535 g/mol. The van der Waals surface area contributed by atoms with Gasteiger partial charge in [-0.05, 0) is 38.4 Å². The van der Waals surface area contributed by atoms with Gasteiger partial charge in [0.05, 0.1) is 35.0 Å². The van der Waals surface area contributed by atoms with E-state index < -0.39 is 16.8 Å². The molecule has 1 aliphatic heterocycles. The topological polar surface area (TPSA) is 88.6 Å². The SMILES string of the molecule is CN(C)C/C=C/C(=O)Nc1cc2c(Nc3ccc(Cl)c(C(F)(F)F)c3)ncnc2cc1O[C@@H]1CCOC1. The van der Waals surface area contributed by atoms with Gasteiger partial charge in [0.25, 0.3) is 0 Å². The van der Waals surface area contributed by atoms with E-state index in [0.717, 1.165) is 12.1 Å². The molecule has 0 bridgehead atoms. The van der Waals surface area contributed by atoms with Crippen molar-refractivity contribution in [2.24, 2.45) is 0 Å². The highest BCUT2D eigenvalue weighted by Crippen LogP contribution is 2.38. The summed E-state index contributed by atoms with van der Waals surface area (Å²) >= 11 is 5.74. The summed E-state index contributed by atoms with van der Waals surface area (Å²) < 4.78 is 51.5. The maximum absolute atomic E-state index is 13.3. The van der Waals surface area contributed by atoms with Crippen molar-refractivity contribution < 1.29 is 27.4 Å². The number of carbonyl (C=O) groups is 1. The summed E-state index contributed by atoms with van der Waals surface area (Å²) in [5.41, 5.74) is 0.00299. The first-order chi connectivity index (χ1) is 17.6. The molecular formula is C25H25ClF3N5O3. The molecule has 196 valence electrons. The molecule has 1 amide bonds. The van der Waals surface area contributed by atoms with E-state index in [1.54, 1.807) is 18.2 Å². The van der Waals surface area contributed by atoms with Gasteiger partial charge in [-0.3, -0.25) is 4.79 Å². The van der Waals surface area contributed by atoms with Gasteiger partial charge in [0.15, 0.2) is 0 Å². The smallest absolute Gasteiger partial charge is 0.417 e. The quantitative estimate of drug-likeness (QED) is 0.380. The van der Waals surface area contributed by atoms with E-state index in [2.05, 4.69) is 20.6 Å². The second-order valence-corrected chi connectivity index (χ2v) is 9.07. The fourth-order valence-electron chi connectivity index (χ4n) is 3.67. The van der Waals surface area contributed by atoms with Crippen LogP contribution in [0.1, 0.15) is 12.0 Å². The zero-order chi connectivity index (χ0) is 26.6. The lowest BCUT2D eigenvalue weighted by atomic mass is 10.1. The van der Waals surface area contributed by atoms with E-state index in [-0.39, 0.29) is 23.5 Å². The van der Waals surface area contributed by atoms with Crippen molar-refractivity contribution in [3.05, 3.63) is 59.4 Å². The molecule has 2 aromatic carbocycles. The maximum Gasteiger partial charge on any atom is 0.417 e. The minimum atomic E-state index is -4.61. The number of hydrogen-bond donors (Lipinski definition) is 2. The van der Waals surface area contributed by atoms with Crippen LogP contribution in [0, 0.1) is 0 Å². The molecule has 0 saturated carbocycles. The molecule has 3 aromatic rings. The molecule has 0 unspecified atom stereocenters. The fraction of sp³-hybridized carbons (Fsp3) is 0.320. The number of amides is 1. The molecule has 8 nitrogen and oxygen atoms in total. The zero-order valence-corrected chi connectivity index (χ0v) is 20.9. The molecule has 12 heteroatoms. The molecule has 4 rings (SSSR count). The minimum Gasteiger partial charge on any atom is -0.486 e. The molecular weight excluding hydrogens is 511 g/mol. The van der Waals surface area contributed by atoms with Gasteiger partial charge >= 0.3 is 6.18 Å². The Kier molecular flexibility index (Phi) is 8.16. The Morgan fingerprint density at radius 1 is 1.27 bits per heavy atom. The third-order valence-electron chi connectivity index (χ3n) is 5.45. The summed E-state index contributed by atoms with van der Waals surface area (Å²) in [5.74, 6) is 0.273. The number of hydrogen-bond acceptors (Lipinski definition) is 7. The van der Waals surface area contributed by atoms with Crippen LogP contribution >= 0.6 is 11.6 Å². The molecule has 1 aliphatic rings. The van der Waals surface area contributed by atoms with Crippen molar-refractivity contribution in [2.45, 2.75) is 18.7 Å². The standard InChI is InChI=1S/C25H25ClF3N5O3/c1-34(2)8-3-4-23(35)33-21-11-17-20(12-22(21)37-16-7-9-36-13-16)30-14-31-24(17)32-15-5-6-19(26)18(10-15)25(27,28)29/h3-6,10-12,14,16H,7-9,13H2,1-2H3,(H,33,35)(H,30,31,32)/b4-3+/t16-/m1/s1. The summed E-state index contributed by atoms with van der Waals surface area (Å²) in [6.45, 7) is 1.57. The maximum atomic E-state index is 13.3. The number of alkyl halides is 3. The van der Waals surface area contributed by atoms with Crippen LogP contribution < -0.4 is 15.4 Å². The van der Waals surface area contributed by atoms with E-state index in [4.69, 9.17) is 21.1 Å². The number of ether oxygens (including phenoxy) is 2. The van der Waals surface area contributed by atoms with Crippen LogP contribution in [0.5, 0.6) is 5.75 Å². The molecule has 0 radical (unpaired) electrons. The number of benzene rings is 2. The number of anilines is 3. The summed E-state index contributed by atoms with van der Waals surface area (Å²) in [4.78, 5) is 23.0. The van der Waals surface area contributed by atoms with Crippen molar-refractivity contribution >= 4 is 45.6 Å². The van der Waals surface area contributed by atoms with Gasteiger partial charge in [-0.25, -0.2) is 9.97 Å². The summed E-state index contributed by atoms with van der Waals surface area (Å²) in [5, 5.41) is 5.78. The zero-order valence-electron chi connectivity index (χ0n) is 20.1. The first-order valence-electron chi connectivity index (χ1n) is 11.4. The van der Waals surface area contributed by atoms with Gasteiger partial charge in [-0.15, -0.1) is 0 Å². The van der Waals surface area contributed by atoms with Crippen LogP contribution in [0.25, 0.3) is 10.9 Å². The first kappa shape index (κ1) is 26.6. The molecule has 2 N–H and O–H groups in total. The summed E-state index contributed by atoms with van der Waals surface area (Å²) in [7, 11) is 3.77. The first-order valence-corrected chi connectivity index (χ1v) is 11.8. The van der Waals surface area contributed by atoms with Gasteiger partial charge < -0.3 is 25.0 Å². The summed E-state index contributed by atoms with van der Waals surface area (Å²) in [6.07, 6.45) is 0.317. The minimum absolute atomic E-state index is 0.136. The Labute approximate surface area is 216 Å². The molecule has 0 aliphatic carbocycles. The number of nitrogens with zero attached hydrogens (tertiary/aromatic N) is 3. The van der Waals surface area contributed by atoms with Crippen LogP contribution in [0.4, 0.5) is 30.4 Å². The fourth-order valence-corrected chi connectivity index (χ4v) is 3.89. The Hall–Kier alpha value is -3.41. The van der Waals surface area contributed by atoms with E-state index >= 15 is 0 Å². The predicted molar refractivity (Wildman–Crippen MR) is 135 cm³/mol. The highest BCUT2D eigenvalue weighted by atomic mass is 35.5. The second kappa shape index (κ2) is 11.3. The lowest BCUT2D eigenvalue weighted by Gasteiger charge is -2.18. The van der Waals surface area contributed by atoms with Crippen LogP contribution in [-0.2, 0) is 15.7 Å². The third-order valence-corrected chi connectivity index (χ3v) is 5.78. The lowest BCUT2D eigenvalue weighted by molar-refractivity contribution is -0.137. The van der Waals surface area contributed by atoms with Crippen molar-refractivity contribution in [1.82, 2.24) is 14.9 Å². The third kappa shape index (κ3) is 6.88. The van der Waals surface area contributed by atoms with Crippen LogP contribution in [0.15, 0.2) is 48.8 Å². The number of likely N-dealkylation sites (N-methyl/N-ethyl adjacent to an activating group) is 1. The van der Waals surface area contributed by atoms with E-state index in [9.17, 15) is 18.0 Å². The van der Waals surface area contributed by atoms with Crippen LogP contribution in [0.3, 0.4) is 0 Å². The average Bonchev–Trinajstić information content (AvgIpc) is 3.33. The van der Waals surface area contributed by atoms with E-state index in [1.165, 1.54) is 18.5 Å². The van der Waals surface area contributed by atoms with Gasteiger partial charge in [0.2, 0.25) is 5.91 Å². The van der Waals surface area contributed by atoms with Crippen molar-refractivity contribution in [3.8, 4) is 5.75 Å². The number of halogens is 4. The van der Waals surface area contributed by atoms with Crippen molar-refractivity contribution in [2.75, 3.05) is 44.5 Å². The average molecular weight is 536 g/mol. The highest BCUT2D eigenvalue weighted by molar-refractivity contribution is 6.31. The molecule has 2 heterocycles. The van der Waals surface area contributed by atoms with Gasteiger partial charge in [-0.1, -0.05) is 17.7 Å². The van der Waals surface area contributed by atoms with Gasteiger partial charge in [-0.2, -0.15) is 13.2 Å². The number of rotatable bonds is 8. The molecule has 0 spiro atoms. The Balaban J connectivity index is 1.70. The second-order valence-electron chi connectivity index (χ2n) is 8.66. The van der Waals surface area contributed by atoms with Crippen molar-refractivity contribution in [1.29, 1.82) is 0 Å². The number of aromatic nitrogens is 2. The van der Waals surface area contributed by atoms with Gasteiger partial charge in [0.1, 0.15) is 24.0 Å². The van der Waals surface area contributed by atoms with Gasteiger partial charge in [0, 0.05) is 36.2 Å². The largest absolute Gasteiger partial charge is 0.486 e. The number of nitrogens with one attached hydrogen (secondary N) is 2. The highest BCUT2D eigenvalue weighted by Gasteiger charge is 2.33. The molecule has 1 saturated heterocycles. The Morgan fingerprint density at radius 3 is 2.78 bits per heavy atom. The molecule has 37 heavy (non-hydrogen) atoms. The predicted octanol–water partition coefficient (Wildman–Crippen LogP) is 5.27. The normalized spacial score (nSPS) is 16.0. The van der Waals surface area contributed by atoms with Crippen LogP contribution in [0.2, 0.25) is 5.02 Å². The number of carbonyl (C=O) groups excluding carboxylic acids is 1. The van der Waals surface area contributed by atoms with Crippen molar-refractivity contribution in [3.63, 3.8) is 0 Å². The Bertz CT molecular complexity index is 1310. The lowest BCUT2D eigenvalue weighted by Crippen LogP contribution is -2.18. The van der Waals surface area contributed by atoms with Crippen LogP contribution in [-0.4, -0.2) is 60.7 Å². The Morgan fingerprint density at radius 2 is 2.08 bits per heavy atom. The van der Waals surface area contributed by atoms with E-state index in [1.807, 2.05) is 19.0 Å². The number of fused-ring (bicyclic) bond motifs is 1. The molecule has 1 fully saturated rings. The molecule has 1 aromatic heterocycles.